The first-order chi connectivity index (χ1) is 15.7. The molecular weight excluding hydrogens is 414 g/mol. The lowest BCUT2D eigenvalue weighted by molar-refractivity contribution is 0.590. The molecule has 0 N–H and O–H groups in total. The van der Waals surface area contributed by atoms with Crippen molar-refractivity contribution in [3.8, 4) is 33.9 Å². The summed E-state index contributed by atoms with van der Waals surface area (Å²) in [4.78, 5) is 14.5. The van der Waals surface area contributed by atoms with Crippen molar-refractivity contribution in [1.29, 1.82) is 0 Å². The summed E-state index contributed by atoms with van der Waals surface area (Å²) < 4.78 is 0. The Labute approximate surface area is 193 Å². The van der Waals surface area contributed by atoms with Crippen molar-refractivity contribution in [3.63, 3.8) is 0 Å². The molecule has 1 aliphatic carbocycles. The van der Waals surface area contributed by atoms with Crippen molar-refractivity contribution in [3.05, 3.63) is 114 Å². The number of allylic oxidation sites excluding steroid dienone is 4. The van der Waals surface area contributed by atoms with Crippen LogP contribution in [-0.2, 0) is 0 Å². The van der Waals surface area contributed by atoms with Crippen molar-refractivity contribution in [2.75, 3.05) is 0 Å². The van der Waals surface area contributed by atoms with Crippen LogP contribution in [0.5, 0.6) is 0 Å². The topological polar surface area (TPSA) is 38.7 Å². The van der Waals surface area contributed by atoms with E-state index >= 15 is 0 Å². The Morgan fingerprint density at radius 3 is 1.75 bits per heavy atom. The van der Waals surface area contributed by atoms with E-state index in [9.17, 15) is 0 Å². The Morgan fingerprint density at radius 2 is 1.12 bits per heavy atom. The van der Waals surface area contributed by atoms with Gasteiger partial charge in [-0.05, 0) is 17.2 Å². The maximum absolute atomic E-state index is 6.44. The number of halogens is 1. The van der Waals surface area contributed by atoms with Gasteiger partial charge in [-0.2, -0.15) is 0 Å². The van der Waals surface area contributed by atoms with Crippen molar-refractivity contribution >= 4 is 11.6 Å². The lowest BCUT2D eigenvalue weighted by Gasteiger charge is -2.22. The van der Waals surface area contributed by atoms with E-state index in [1.807, 2.05) is 60.7 Å². The summed E-state index contributed by atoms with van der Waals surface area (Å²) >= 11 is 6.44. The number of aromatic nitrogens is 3. The van der Waals surface area contributed by atoms with Crippen LogP contribution in [-0.4, -0.2) is 15.0 Å². The number of nitrogens with zero attached hydrogens (tertiary/aromatic N) is 3. The Hall–Kier alpha value is -3.56. The molecule has 2 atom stereocenters. The standard InChI is InChI=1S/C28H22ClN3/c1-19-24(13-8-14-25(19)29)28-31-26(22-11-6-3-7-12-22)30-27(32-28)23-17-15-21(16-18-23)20-9-4-2-5-10-20/h2-19,24H,1H3. The molecule has 32 heavy (non-hydrogen) atoms. The van der Waals surface area contributed by atoms with Crippen LogP contribution >= 0.6 is 11.6 Å². The third kappa shape index (κ3) is 4.12. The van der Waals surface area contributed by atoms with E-state index in [2.05, 4.69) is 49.4 Å². The van der Waals surface area contributed by atoms with Crippen molar-refractivity contribution < 1.29 is 0 Å². The number of benzene rings is 3. The van der Waals surface area contributed by atoms with Crippen LogP contribution in [0.4, 0.5) is 0 Å². The summed E-state index contributed by atoms with van der Waals surface area (Å²) in [5.41, 5.74) is 4.27. The fraction of sp³-hybridized carbons (Fsp3) is 0.107. The van der Waals surface area contributed by atoms with Crippen LogP contribution in [0.3, 0.4) is 0 Å². The largest absolute Gasteiger partial charge is 0.212 e. The zero-order chi connectivity index (χ0) is 21.9. The Morgan fingerprint density at radius 1 is 0.625 bits per heavy atom. The molecule has 0 amide bonds. The van der Waals surface area contributed by atoms with Crippen LogP contribution in [0.2, 0.25) is 0 Å². The highest BCUT2D eigenvalue weighted by Gasteiger charge is 2.25. The van der Waals surface area contributed by atoms with E-state index in [0.29, 0.717) is 11.6 Å². The van der Waals surface area contributed by atoms with E-state index in [-0.39, 0.29) is 11.8 Å². The highest BCUT2D eigenvalue weighted by Crippen LogP contribution is 2.35. The highest BCUT2D eigenvalue weighted by molar-refractivity contribution is 6.30. The first kappa shape index (κ1) is 20.3. The molecule has 4 aromatic rings. The molecule has 3 nitrogen and oxygen atoms in total. The quantitative estimate of drug-likeness (QED) is 0.338. The molecule has 0 radical (unpaired) electrons. The minimum atomic E-state index is 0.000282. The predicted molar refractivity (Wildman–Crippen MR) is 131 cm³/mol. The molecule has 1 heterocycles. The number of hydrogen-bond donors (Lipinski definition) is 0. The Kier molecular flexibility index (Phi) is 5.66. The van der Waals surface area contributed by atoms with Gasteiger partial charge in [0.1, 0.15) is 5.82 Å². The monoisotopic (exact) mass is 435 g/mol. The number of rotatable bonds is 4. The van der Waals surface area contributed by atoms with E-state index in [0.717, 1.165) is 27.5 Å². The van der Waals surface area contributed by atoms with Gasteiger partial charge in [0.05, 0.1) is 0 Å². The highest BCUT2D eigenvalue weighted by atomic mass is 35.5. The smallest absolute Gasteiger partial charge is 0.163 e. The van der Waals surface area contributed by atoms with Crippen LogP contribution in [0.1, 0.15) is 18.7 Å². The molecule has 4 heteroatoms. The van der Waals surface area contributed by atoms with Gasteiger partial charge in [0.15, 0.2) is 11.6 Å². The fourth-order valence-corrected chi connectivity index (χ4v) is 4.10. The third-order valence-corrected chi connectivity index (χ3v) is 6.25. The minimum absolute atomic E-state index is 0.000282. The Bertz CT molecular complexity index is 1280. The van der Waals surface area contributed by atoms with Gasteiger partial charge in [-0.3, -0.25) is 0 Å². The maximum atomic E-state index is 6.44. The maximum Gasteiger partial charge on any atom is 0.163 e. The minimum Gasteiger partial charge on any atom is -0.212 e. The van der Waals surface area contributed by atoms with Gasteiger partial charge in [-0.25, -0.2) is 15.0 Å². The summed E-state index contributed by atoms with van der Waals surface area (Å²) in [7, 11) is 0. The van der Waals surface area contributed by atoms with Crippen LogP contribution in [0, 0.1) is 5.92 Å². The molecule has 1 aromatic heterocycles. The number of hydrogen-bond acceptors (Lipinski definition) is 3. The predicted octanol–water partition coefficient (Wildman–Crippen LogP) is 7.28. The molecule has 0 aliphatic heterocycles. The first-order valence-corrected chi connectivity index (χ1v) is 11.1. The fourth-order valence-electron chi connectivity index (χ4n) is 3.90. The van der Waals surface area contributed by atoms with Gasteiger partial charge < -0.3 is 0 Å². The molecule has 2 unspecified atom stereocenters. The summed E-state index contributed by atoms with van der Waals surface area (Å²) in [6, 6.07) is 28.7. The molecule has 0 saturated heterocycles. The SMILES string of the molecule is CC1C(Cl)=CC=CC1c1nc(-c2ccccc2)nc(-c2ccc(-c3ccccc3)cc2)n1. The third-order valence-electron chi connectivity index (χ3n) is 5.78. The van der Waals surface area contributed by atoms with E-state index < -0.39 is 0 Å². The van der Waals surface area contributed by atoms with Crippen molar-refractivity contribution in [2.45, 2.75) is 12.8 Å². The molecule has 5 rings (SSSR count). The molecule has 3 aromatic carbocycles. The first-order valence-electron chi connectivity index (χ1n) is 10.7. The van der Waals surface area contributed by atoms with E-state index in [1.54, 1.807) is 0 Å². The van der Waals surface area contributed by atoms with Gasteiger partial charge in [0.25, 0.3) is 0 Å². The Balaban J connectivity index is 1.59. The molecule has 0 bridgehead atoms. The summed E-state index contributed by atoms with van der Waals surface area (Å²) in [5.74, 6) is 2.18. The van der Waals surface area contributed by atoms with Gasteiger partial charge in [-0.1, -0.05) is 116 Å². The van der Waals surface area contributed by atoms with E-state index in [1.165, 1.54) is 5.56 Å². The van der Waals surface area contributed by atoms with Crippen LogP contribution in [0.25, 0.3) is 33.9 Å². The average Bonchev–Trinajstić information content (AvgIpc) is 2.86. The second kappa shape index (κ2) is 8.89. The average molecular weight is 436 g/mol. The van der Waals surface area contributed by atoms with Gasteiger partial charge in [0.2, 0.25) is 0 Å². The molecule has 0 saturated carbocycles. The molecule has 156 valence electrons. The van der Waals surface area contributed by atoms with Crippen LogP contribution < -0.4 is 0 Å². The molecule has 1 aliphatic rings. The van der Waals surface area contributed by atoms with Gasteiger partial charge in [0, 0.05) is 28.0 Å². The van der Waals surface area contributed by atoms with Crippen LogP contribution in [0.15, 0.2) is 108 Å². The zero-order valence-electron chi connectivity index (χ0n) is 17.7. The van der Waals surface area contributed by atoms with Crippen molar-refractivity contribution in [2.24, 2.45) is 5.92 Å². The summed E-state index contributed by atoms with van der Waals surface area (Å²) in [6.07, 6.45) is 6.03. The lowest BCUT2D eigenvalue weighted by atomic mass is 9.89. The molecular formula is C28H22ClN3. The second-order valence-electron chi connectivity index (χ2n) is 7.90. The summed E-state index contributed by atoms with van der Waals surface area (Å²) in [6.45, 7) is 2.10. The zero-order valence-corrected chi connectivity index (χ0v) is 18.4. The van der Waals surface area contributed by atoms with Gasteiger partial charge >= 0.3 is 0 Å². The van der Waals surface area contributed by atoms with Crippen molar-refractivity contribution in [1.82, 2.24) is 15.0 Å². The second-order valence-corrected chi connectivity index (χ2v) is 8.34. The lowest BCUT2D eigenvalue weighted by Crippen LogP contribution is -2.15. The normalized spacial score (nSPS) is 17.8. The summed E-state index contributed by atoms with van der Waals surface area (Å²) in [5, 5.41) is 0.813. The molecule has 0 spiro atoms. The molecule has 0 fully saturated rings. The van der Waals surface area contributed by atoms with E-state index in [4.69, 9.17) is 26.6 Å². The van der Waals surface area contributed by atoms with Gasteiger partial charge in [-0.15, -0.1) is 0 Å².